The molecule has 29 heavy (non-hydrogen) atoms. The number of benzene rings is 1. The number of nitrogens with two attached hydrogens (primary N) is 1. The Hall–Kier alpha value is -3.26. The maximum absolute atomic E-state index is 11.9. The van der Waals surface area contributed by atoms with Crippen molar-refractivity contribution in [1.82, 2.24) is 10.3 Å². The van der Waals surface area contributed by atoms with Gasteiger partial charge in [0.15, 0.2) is 0 Å². The Morgan fingerprint density at radius 1 is 1.24 bits per heavy atom. The molecule has 3 aromatic rings. The molecule has 0 fully saturated rings. The molecule has 0 atom stereocenters. The number of ether oxygens (including phenoxy) is 1. The van der Waals surface area contributed by atoms with Crippen LogP contribution in [-0.4, -0.2) is 29.7 Å². The molecule has 1 aromatic carbocycles. The summed E-state index contributed by atoms with van der Waals surface area (Å²) in [6.07, 6.45) is 1.52. The zero-order valence-corrected chi connectivity index (χ0v) is 17.5. The third kappa shape index (κ3) is 4.43. The highest BCUT2D eigenvalue weighted by Crippen LogP contribution is 2.34. The number of nitrogens with one attached hydrogen (secondary N) is 1. The van der Waals surface area contributed by atoms with Crippen LogP contribution in [-0.2, 0) is 4.79 Å². The molecule has 0 aliphatic heterocycles. The fourth-order valence-electron chi connectivity index (χ4n) is 2.68. The average Bonchev–Trinajstić information content (AvgIpc) is 3.03. The Morgan fingerprint density at radius 2 is 1.97 bits per heavy atom. The van der Waals surface area contributed by atoms with E-state index in [1.54, 1.807) is 33.0 Å². The van der Waals surface area contributed by atoms with Gasteiger partial charge in [-0.25, -0.2) is 0 Å². The number of pyridine rings is 1. The highest BCUT2D eigenvalue weighted by molar-refractivity contribution is 7.21. The predicted octanol–water partition coefficient (Wildman–Crippen LogP) is 3.89. The summed E-state index contributed by atoms with van der Waals surface area (Å²) in [7, 11) is 1.55. The van der Waals surface area contributed by atoms with E-state index >= 15 is 0 Å². The van der Waals surface area contributed by atoms with Gasteiger partial charge in [0.1, 0.15) is 23.0 Å². The van der Waals surface area contributed by atoms with E-state index in [4.69, 9.17) is 10.5 Å². The lowest BCUT2D eigenvalue weighted by atomic mass is 10.1. The van der Waals surface area contributed by atoms with E-state index in [1.807, 2.05) is 25.1 Å². The molecule has 0 saturated heterocycles. The van der Waals surface area contributed by atoms with E-state index in [9.17, 15) is 9.59 Å². The third-order valence-corrected chi connectivity index (χ3v) is 5.57. The summed E-state index contributed by atoms with van der Waals surface area (Å²) in [6, 6.07) is 8.95. The van der Waals surface area contributed by atoms with E-state index in [1.165, 1.54) is 17.5 Å². The Morgan fingerprint density at radius 3 is 2.66 bits per heavy atom. The summed E-state index contributed by atoms with van der Waals surface area (Å²) in [6.45, 7) is 5.53. The van der Waals surface area contributed by atoms with Crippen molar-refractivity contribution in [3.05, 3.63) is 52.7 Å². The van der Waals surface area contributed by atoms with Gasteiger partial charge in [0.2, 0.25) is 5.91 Å². The van der Waals surface area contributed by atoms with Crippen molar-refractivity contribution in [2.75, 3.05) is 7.05 Å². The van der Waals surface area contributed by atoms with E-state index in [0.29, 0.717) is 11.5 Å². The van der Waals surface area contributed by atoms with Crippen LogP contribution in [0.25, 0.3) is 10.1 Å². The van der Waals surface area contributed by atoms with Crippen molar-refractivity contribution in [2.45, 2.75) is 20.8 Å². The summed E-state index contributed by atoms with van der Waals surface area (Å²) in [4.78, 5) is 32.5. The van der Waals surface area contributed by atoms with Crippen molar-refractivity contribution in [2.24, 2.45) is 16.6 Å². The zero-order chi connectivity index (χ0) is 21.1. The molecular weight excluding hydrogens is 388 g/mol. The standard InChI is InChI=1S/C21H22N4O3S.H2/c1-11(2)20(26)25-19(22)18-12(3)15-6-5-13(10-17(15)29-18)28-14-7-8-24-16(9-14)21(27)23-4;/h5-11H,1-4H3,(H,23,27)(H2,22,25,26);1H. The summed E-state index contributed by atoms with van der Waals surface area (Å²) >= 11 is 1.46. The first-order valence-corrected chi connectivity index (χ1v) is 9.89. The molecule has 0 radical (unpaired) electrons. The Balaban J connectivity index is 0.00000320. The number of carbonyl (C=O) groups excluding carboxylic acids is 2. The van der Waals surface area contributed by atoms with Crippen LogP contribution in [0.15, 0.2) is 41.5 Å². The number of fused-ring (bicyclic) bond motifs is 1. The first-order chi connectivity index (χ1) is 13.8. The quantitative estimate of drug-likeness (QED) is 0.488. The number of amides is 2. The minimum atomic E-state index is -0.282. The van der Waals surface area contributed by atoms with E-state index in [-0.39, 0.29) is 30.7 Å². The monoisotopic (exact) mass is 412 g/mol. The molecule has 3 N–H and O–H groups in total. The number of amidine groups is 1. The first-order valence-electron chi connectivity index (χ1n) is 9.07. The maximum atomic E-state index is 11.9. The van der Waals surface area contributed by atoms with E-state index < -0.39 is 0 Å². The lowest BCUT2D eigenvalue weighted by Gasteiger charge is -2.07. The van der Waals surface area contributed by atoms with Gasteiger partial charge in [-0.1, -0.05) is 13.8 Å². The summed E-state index contributed by atoms with van der Waals surface area (Å²) < 4.78 is 6.86. The topological polar surface area (TPSA) is 107 Å². The van der Waals surface area contributed by atoms with Crippen LogP contribution in [0.5, 0.6) is 11.5 Å². The van der Waals surface area contributed by atoms with Crippen LogP contribution in [0.2, 0.25) is 0 Å². The second-order valence-corrected chi connectivity index (χ2v) is 7.81. The molecule has 0 aliphatic rings. The maximum Gasteiger partial charge on any atom is 0.269 e. The summed E-state index contributed by atoms with van der Waals surface area (Å²) in [5, 5.41) is 3.56. The molecule has 2 amide bonds. The SMILES string of the molecule is CNC(=O)c1cc(Oc2ccc3c(C)c(C(N)=NC(=O)C(C)C)sc3c2)ccn1.[HH]. The lowest BCUT2D eigenvalue weighted by Crippen LogP contribution is -2.18. The summed E-state index contributed by atoms with van der Waals surface area (Å²) in [5.41, 5.74) is 7.33. The van der Waals surface area contributed by atoms with Crippen molar-refractivity contribution in [3.8, 4) is 11.5 Å². The average molecular weight is 413 g/mol. The molecule has 0 bridgehead atoms. The second kappa shape index (κ2) is 8.40. The van der Waals surface area contributed by atoms with Crippen LogP contribution in [0.1, 0.15) is 36.2 Å². The normalized spacial score (nSPS) is 11.7. The van der Waals surface area contributed by atoms with Gasteiger partial charge < -0.3 is 15.8 Å². The molecule has 8 heteroatoms. The van der Waals surface area contributed by atoms with Gasteiger partial charge in [-0.2, -0.15) is 4.99 Å². The van der Waals surface area contributed by atoms with Gasteiger partial charge in [-0.15, -0.1) is 11.3 Å². The van der Waals surface area contributed by atoms with Crippen LogP contribution >= 0.6 is 11.3 Å². The minimum absolute atomic E-state index is 0. The number of hydrogen-bond acceptors (Lipinski definition) is 5. The molecule has 152 valence electrons. The number of rotatable bonds is 5. The number of aryl methyl sites for hydroxylation is 1. The number of thiophene rings is 1. The van der Waals surface area contributed by atoms with Gasteiger partial charge in [-0.3, -0.25) is 14.6 Å². The molecule has 2 heterocycles. The van der Waals surface area contributed by atoms with Crippen LogP contribution in [0.3, 0.4) is 0 Å². The van der Waals surface area contributed by atoms with Crippen LogP contribution < -0.4 is 15.8 Å². The number of carbonyl (C=O) groups is 2. The van der Waals surface area contributed by atoms with Gasteiger partial charge in [-0.05, 0) is 42.1 Å². The predicted molar refractivity (Wildman–Crippen MR) is 117 cm³/mol. The summed E-state index contributed by atoms with van der Waals surface area (Å²) in [5.74, 6) is 0.629. The molecule has 3 rings (SSSR count). The van der Waals surface area contributed by atoms with Crippen LogP contribution in [0, 0.1) is 12.8 Å². The van der Waals surface area contributed by atoms with Crippen molar-refractivity contribution in [3.63, 3.8) is 0 Å². The number of aliphatic imine (C=N–C) groups is 1. The highest BCUT2D eigenvalue weighted by atomic mass is 32.1. The Bertz CT molecular complexity index is 1120. The molecule has 7 nitrogen and oxygen atoms in total. The van der Waals surface area contributed by atoms with Crippen LogP contribution in [0.4, 0.5) is 0 Å². The Kier molecular flexibility index (Phi) is 5.93. The largest absolute Gasteiger partial charge is 0.457 e. The second-order valence-electron chi connectivity index (χ2n) is 6.76. The zero-order valence-electron chi connectivity index (χ0n) is 16.6. The van der Waals surface area contributed by atoms with Crippen molar-refractivity contribution >= 4 is 39.1 Å². The molecule has 2 aromatic heterocycles. The molecular formula is C21H24N4O3S. The third-order valence-electron chi connectivity index (χ3n) is 4.29. The minimum Gasteiger partial charge on any atom is -0.457 e. The first kappa shape index (κ1) is 20.5. The smallest absolute Gasteiger partial charge is 0.269 e. The van der Waals surface area contributed by atoms with Gasteiger partial charge in [0, 0.05) is 31.4 Å². The van der Waals surface area contributed by atoms with Gasteiger partial charge in [0.05, 0.1) is 4.88 Å². The van der Waals surface area contributed by atoms with Crippen molar-refractivity contribution in [1.29, 1.82) is 0 Å². The fourth-order valence-corrected chi connectivity index (χ4v) is 3.81. The number of aromatic nitrogens is 1. The molecule has 0 saturated carbocycles. The van der Waals surface area contributed by atoms with Gasteiger partial charge >= 0.3 is 0 Å². The number of hydrogen-bond donors (Lipinski definition) is 2. The highest BCUT2D eigenvalue weighted by Gasteiger charge is 2.15. The molecule has 0 unspecified atom stereocenters. The Labute approximate surface area is 174 Å². The van der Waals surface area contributed by atoms with E-state index in [2.05, 4.69) is 15.3 Å². The molecule has 0 spiro atoms. The van der Waals surface area contributed by atoms with Crippen molar-refractivity contribution < 1.29 is 15.8 Å². The van der Waals surface area contributed by atoms with Gasteiger partial charge in [0.25, 0.3) is 5.91 Å². The fraction of sp³-hybridized carbons (Fsp3) is 0.238. The number of nitrogens with zero attached hydrogens (tertiary/aromatic N) is 2. The molecule has 0 aliphatic carbocycles. The van der Waals surface area contributed by atoms with E-state index in [0.717, 1.165) is 20.5 Å². The lowest BCUT2D eigenvalue weighted by molar-refractivity contribution is -0.120.